The Labute approximate surface area is 101 Å². The Kier molecular flexibility index (Phi) is 3.38. The van der Waals surface area contributed by atoms with Gasteiger partial charge in [0.2, 0.25) is 5.91 Å². The highest BCUT2D eigenvalue weighted by atomic mass is 16.5. The number of carbonyl (C=O) groups is 2. The molecule has 1 N–H and O–H groups in total. The van der Waals surface area contributed by atoms with Crippen molar-refractivity contribution in [3.05, 3.63) is 0 Å². The van der Waals surface area contributed by atoms with Gasteiger partial charge in [0.25, 0.3) is 0 Å². The van der Waals surface area contributed by atoms with Crippen molar-refractivity contribution in [2.75, 3.05) is 13.2 Å². The first kappa shape index (κ1) is 12.4. The minimum atomic E-state index is -0.818. The summed E-state index contributed by atoms with van der Waals surface area (Å²) in [7, 11) is 0. The van der Waals surface area contributed by atoms with Crippen LogP contribution in [0.5, 0.6) is 0 Å². The van der Waals surface area contributed by atoms with Gasteiger partial charge in [0, 0.05) is 19.0 Å². The van der Waals surface area contributed by atoms with Crippen LogP contribution < -0.4 is 0 Å². The van der Waals surface area contributed by atoms with Crippen molar-refractivity contribution in [3.8, 4) is 0 Å². The molecule has 1 amide bonds. The first-order valence-corrected chi connectivity index (χ1v) is 6.15. The number of amides is 1. The molecule has 1 aliphatic heterocycles. The molecule has 1 saturated heterocycles. The molecule has 0 aromatic heterocycles. The van der Waals surface area contributed by atoms with Crippen molar-refractivity contribution in [1.29, 1.82) is 0 Å². The molecule has 1 unspecified atom stereocenters. The van der Waals surface area contributed by atoms with Crippen molar-refractivity contribution in [1.82, 2.24) is 4.90 Å². The molecule has 1 heterocycles. The second-order valence-corrected chi connectivity index (χ2v) is 5.24. The fraction of sp³-hybridized carbons (Fsp3) is 0.833. The van der Waals surface area contributed by atoms with E-state index in [9.17, 15) is 9.59 Å². The van der Waals surface area contributed by atoms with Crippen LogP contribution in [0.1, 0.15) is 39.0 Å². The van der Waals surface area contributed by atoms with E-state index in [1.165, 1.54) is 6.42 Å². The average Bonchev–Trinajstić information content (AvgIpc) is 2.19. The van der Waals surface area contributed by atoms with Crippen LogP contribution in [0, 0.1) is 0 Å². The summed E-state index contributed by atoms with van der Waals surface area (Å²) in [6.45, 7) is 2.52. The van der Waals surface area contributed by atoms with E-state index >= 15 is 0 Å². The first-order chi connectivity index (χ1) is 8.00. The molecule has 0 aromatic rings. The molecule has 0 aromatic carbocycles. The third-order valence-electron chi connectivity index (χ3n) is 3.75. The Morgan fingerprint density at radius 1 is 1.59 bits per heavy atom. The number of carboxylic acid groups (broad SMARTS) is 1. The van der Waals surface area contributed by atoms with Crippen LogP contribution in [-0.4, -0.2) is 46.7 Å². The largest absolute Gasteiger partial charge is 0.481 e. The minimum absolute atomic E-state index is 0.0440. The molecule has 5 heteroatoms. The van der Waals surface area contributed by atoms with E-state index in [0.717, 1.165) is 12.8 Å². The average molecular weight is 241 g/mol. The van der Waals surface area contributed by atoms with Crippen LogP contribution in [0.4, 0.5) is 0 Å². The smallest absolute Gasteiger partial charge is 0.303 e. The summed E-state index contributed by atoms with van der Waals surface area (Å²) in [5.41, 5.74) is -0.498. The van der Waals surface area contributed by atoms with Crippen LogP contribution in [0.25, 0.3) is 0 Å². The van der Waals surface area contributed by atoms with Crippen LogP contribution in [0.3, 0.4) is 0 Å². The number of ether oxygens (including phenoxy) is 1. The third-order valence-corrected chi connectivity index (χ3v) is 3.75. The van der Waals surface area contributed by atoms with Crippen LogP contribution in [-0.2, 0) is 14.3 Å². The predicted octanol–water partition coefficient (Wildman–Crippen LogP) is 1.02. The van der Waals surface area contributed by atoms with Gasteiger partial charge in [-0.05, 0) is 32.6 Å². The van der Waals surface area contributed by atoms with Gasteiger partial charge in [0.1, 0.15) is 6.61 Å². The highest BCUT2D eigenvalue weighted by Gasteiger charge is 2.40. The van der Waals surface area contributed by atoms with Gasteiger partial charge in [-0.2, -0.15) is 0 Å². The van der Waals surface area contributed by atoms with Gasteiger partial charge in [-0.3, -0.25) is 9.59 Å². The number of hydrogen-bond donors (Lipinski definition) is 1. The maximum absolute atomic E-state index is 11.7. The molecule has 0 bridgehead atoms. The minimum Gasteiger partial charge on any atom is -0.481 e. The normalized spacial score (nSPS) is 30.2. The summed E-state index contributed by atoms with van der Waals surface area (Å²) in [5, 5.41) is 8.71. The maximum Gasteiger partial charge on any atom is 0.303 e. The van der Waals surface area contributed by atoms with Gasteiger partial charge in [0.15, 0.2) is 0 Å². The summed E-state index contributed by atoms with van der Waals surface area (Å²) in [6.07, 6.45) is 3.87. The van der Waals surface area contributed by atoms with Crippen molar-refractivity contribution in [2.45, 2.75) is 50.7 Å². The van der Waals surface area contributed by atoms with Crippen LogP contribution >= 0.6 is 0 Å². The standard InChI is InChI=1S/C12H19NO4/c1-12(6-5-11(15)16)8-13(9-3-2-4-9)10(14)7-17-12/h9H,2-8H2,1H3,(H,15,16). The number of carbonyl (C=O) groups excluding carboxylic acids is 1. The summed E-state index contributed by atoms with van der Waals surface area (Å²) in [5.74, 6) is -0.774. The molecule has 2 aliphatic rings. The molecule has 2 rings (SSSR count). The quantitative estimate of drug-likeness (QED) is 0.798. The summed E-state index contributed by atoms with van der Waals surface area (Å²) < 4.78 is 5.52. The second-order valence-electron chi connectivity index (χ2n) is 5.24. The lowest BCUT2D eigenvalue weighted by Gasteiger charge is -2.46. The fourth-order valence-corrected chi connectivity index (χ4v) is 2.37. The molecule has 1 saturated carbocycles. The van der Waals surface area contributed by atoms with E-state index in [4.69, 9.17) is 9.84 Å². The van der Waals surface area contributed by atoms with Crippen molar-refractivity contribution in [2.24, 2.45) is 0 Å². The number of hydrogen-bond acceptors (Lipinski definition) is 3. The molecule has 5 nitrogen and oxygen atoms in total. The predicted molar refractivity (Wildman–Crippen MR) is 60.6 cm³/mol. The number of morpholine rings is 1. The summed E-state index contributed by atoms with van der Waals surface area (Å²) in [4.78, 5) is 24.2. The zero-order valence-electron chi connectivity index (χ0n) is 10.1. The lowest BCUT2D eigenvalue weighted by atomic mass is 9.88. The van der Waals surface area contributed by atoms with Gasteiger partial charge in [0.05, 0.1) is 5.60 Å². The molecule has 2 fully saturated rings. The van der Waals surface area contributed by atoms with E-state index in [-0.39, 0.29) is 18.9 Å². The molecule has 1 atom stereocenters. The highest BCUT2D eigenvalue weighted by Crippen LogP contribution is 2.31. The molecule has 0 spiro atoms. The Balaban J connectivity index is 1.95. The van der Waals surface area contributed by atoms with E-state index in [1.807, 2.05) is 11.8 Å². The van der Waals surface area contributed by atoms with Crippen molar-refractivity contribution >= 4 is 11.9 Å². The summed E-state index contributed by atoms with van der Waals surface area (Å²) in [6, 6.07) is 0.357. The number of rotatable bonds is 4. The molecule has 1 aliphatic carbocycles. The Bertz CT molecular complexity index is 326. The molecule has 96 valence electrons. The Morgan fingerprint density at radius 3 is 2.82 bits per heavy atom. The van der Waals surface area contributed by atoms with Crippen molar-refractivity contribution in [3.63, 3.8) is 0 Å². The number of carboxylic acids is 1. The molecular weight excluding hydrogens is 222 g/mol. The highest BCUT2D eigenvalue weighted by molar-refractivity contribution is 5.78. The maximum atomic E-state index is 11.7. The monoisotopic (exact) mass is 241 g/mol. The second kappa shape index (κ2) is 4.64. The van der Waals surface area contributed by atoms with Crippen LogP contribution in [0.2, 0.25) is 0 Å². The summed E-state index contributed by atoms with van der Waals surface area (Å²) >= 11 is 0. The fourth-order valence-electron chi connectivity index (χ4n) is 2.37. The molecular formula is C12H19NO4. The van der Waals surface area contributed by atoms with E-state index < -0.39 is 11.6 Å². The van der Waals surface area contributed by atoms with E-state index in [2.05, 4.69) is 0 Å². The van der Waals surface area contributed by atoms with Gasteiger partial charge >= 0.3 is 5.97 Å². The van der Waals surface area contributed by atoms with E-state index in [0.29, 0.717) is 19.0 Å². The topological polar surface area (TPSA) is 66.8 Å². The zero-order chi connectivity index (χ0) is 12.5. The zero-order valence-corrected chi connectivity index (χ0v) is 10.1. The Morgan fingerprint density at radius 2 is 2.29 bits per heavy atom. The Hall–Kier alpha value is -1.10. The van der Waals surface area contributed by atoms with Crippen molar-refractivity contribution < 1.29 is 19.4 Å². The van der Waals surface area contributed by atoms with Crippen LogP contribution in [0.15, 0.2) is 0 Å². The lowest BCUT2D eigenvalue weighted by Crippen LogP contribution is -2.58. The van der Waals surface area contributed by atoms with Gasteiger partial charge in [-0.1, -0.05) is 0 Å². The SMILES string of the molecule is CC1(CCC(=O)O)CN(C2CCC2)C(=O)CO1. The van der Waals surface area contributed by atoms with E-state index in [1.54, 1.807) is 0 Å². The van der Waals surface area contributed by atoms with Gasteiger partial charge in [-0.25, -0.2) is 0 Å². The number of nitrogens with zero attached hydrogens (tertiary/aromatic N) is 1. The first-order valence-electron chi connectivity index (χ1n) is 6.15. The van der Waals surface area contributed by atoms with Gasteiger partial charge < -0.3 is 14.7 Å². The molecule has 0 radical (unpaired) electrons. The third kappa shape index (κ3) is 2.77. The van der Waals surface area contributed by atoms with Gasteiger partial charge in [-0.15, -0.1) is 0 Å². The number of aliphatic carboxylic acids is 1. The molecule has 17 heavy (non-hydrogen) atoms. The lowest BCUT2D eigenvalue weighted by molar-refractivity contribution is -0.170.